The monoisotopic (exact) mass is 375 g/mol. The van der Waals surface area contributed by atoms with Crippen molar-refractivity contribution >= 4 is 34.5 Å². The summed E-state index contributed by atoms with van der Waals surface area (Å²) < 4.78 is 12.8. The summed E-state index contributed by atoms with van der Waals surface area (Å²) in [6, 6.07) is 7.56. The molecule has 5 nitrogen and oxygen atoms in total. The molecule has 8 heteroatoms. The molecule has 1 aromatic carbocycles. The molecule has 0 unspecified atom stereocenters. The van der Waals surface area contributed by atoms with E-state index in [2.05, 4.69) is 15.8 Å². The number of benzene rings is 1. The van der Waals surface area contributed by atoms with E-state index < -0.39 is 5.91 Å². The van der Waals surface area contributed by atoms with Crippen LogP contribution in [0.3, 0.4) is 0 Å². The number of carbonyl (C=O) groups excluding carboxylic acids is 2. The Kier molecular flexibility index (Phi) is 5.20. The van der Waals surface area contributed by atoms with Gasteiger partial charge < -0.3 is 0 Å². The van der Waals surface area contributed by atoms with Crippen LogP contribution in [0.2, 0.25) is 0 Å². The molecule has 2 amide bonds. The molecule has 0 radical (unpaired) electrons. The summed E-state index contributed by atoms with van der Waals surface area (Å²) in [4.78, 5) is 29.0. The number of aryl methyl sites for hydroxylation is 1. The second kappa shape index (κ2) is 7.54. The molecule has 2 N–H and O–H groups in total. The number of thiazole rings is 1. The molecule has 3 aromatic rings. The predicted molar refractivity (Wildman–Crippen MR) is 95.9 cm³/mol. The summed E-state index contributed by atoms with van der Waals surface area (Å²) in [6.07, 6.45) is 0.0440. The fourth-order valence-corrected chi connectivity index (χ4v) is 3.80. The Morgan fingerprint density at radius 1 is 1.16 bits per heavy atom. The van der Waals surface area contributed by atoms with E-state index in [4.69, 9.17) is 0 Å². The summed E-state index contributed by atoms with van der Waals surface area (Å²) in [5.74, 6) is -1.16. The van der Waals surface area contributed by atoms with Crippen LogP contribution in [0.15, 0.2) is 41.1 Å². The van der Waals surface area contributed by atoms with Gasteiger partial charge in [-0.3, -0.25) is 20.4 Å². The number of carbonyl (C=O) groups is 2. The SMILES string of the molecule is Cc1nc(-c2ccsc2)sc1C(=O)NNC(=O)Cc1ccc(F)cc1. The molecule has 0 spiro atoms. The van der Waals surface area contributed by atoms with Gasteiger partial charge in [-0.2, -0.15) is 11.3 Å². The zero-order chi connectivity index (χ0) is 17.8. The van der Waals surface area contributed by atoms with Gasteiger partial charge in [0.05, 0.1) is 12.1 Å². The highest BCUT2D eigenvalue weighted by Crippen LogP contribution is 2.29. The first-order chi connectivity index (χ1) is 12.0. The molecule has 25 heavy (non-hydrogen) atoms. The van der Waals surface area contributed by atoms with Gasteiger partial charge in [-0.05, 0) is 36.1 Å². The quantitative estimate of drug-likeness (QED) is 0.687. The van der Waals surface area contributed by atoms with E-state index >= 15 is 0 Å². The number of hydrogen-bond donors (Lipinski definition) is 2. The largest absolute Gasteiger partial charge is 0.281 e. The Balaban J connectivity index is 1.59. The number of amides is 2. The first-order valence-electron chi connectivity index (χ1n) is 7.36. The lowest BCUT2D eigenvalue weighted by Gasteiger charge is -2.06. The van der Waals surface area contributed by atoms with Gasteiger partial charge in [-0.15, -0.1) is 11.3 Å². The van der Waals surface area contributed by atoms with Gasteiger partial charge in [0.2, 0.25) is 5.91 Å². The lowest BCUT2D eigenvalue weighted by molar-refractivity contribution is -0.121. The fourth-order valence-electron chi connectivity index (χ4n) is 2.13. The molecule has 2 aromatic heterocycles. The van der Waals surface area contributed by atoms with E-state index in [1.165, 1.54) is 35.6 Å². The zero-order valence-electron chi connectivity index (χ0n) is 13.2. The second-order valence-electron chi connectivity index (χ2n) is 5.25. The van der Waals surface area contributed by atoms with Crippen molar-refractivity contribution in [2.75, 3.05) is 0 Å². The number of thiophene rings is 1. The van der Waals surface area contributed by atoms with Crippen molar-refractivity contribution in [2.24, 2.45) is 0 Å². The van der Waals surface area contributed by atoms with Crippen molar-refractivity contribution in [1.29, 1.82) is 0 Å². The van der Waals surface area contributed by atoms with E-state index in [0.29, 0.717) is 16.1 Å². The third kappa shape index (κ3) is 4.28. The number of hydrazine groups is 1. The average molecular weight is 375 g/mol. The third-order valence-corrected chi connectivity index (χ3v) is 5.25. The smallest absolute Gasteiger partial charge is 0.273 e. The number of nitrogens with one attached hydrogen (secondary N) is 2. The molecule has 0 bridgehead atoms. The topological polar surface area (TPSA) is 71.1 Å². The van der Waals surface area contributed by atoms with Gasteiger partial charge >= 0.3 is 0 Å². The third-order valence-electron chi connectivity index (χ3n) is 3.36. The van der Waals surface area contributed by atoms with Crippen LogP contribution in [0.5, 0.6) is 0 Å². The van der Waals surface area contributed by atoms with Crippen LogP contribution in [0.1, 0.15) is 20.9 Å². The Labute approximate surface area is 151 Å². The lowest BCUT2D eigenvalue weighted by atomic mass is 10.1. The summed E-state index contributed by atoms with van der Waals surface area (Å²) in [6.45, 7) is 1.75. The first-order valence-corrected chi connectivity index (χ1v) is 9.12. The molecule has 2 heterocycles. The van der Waals surface area contributed by atoms with E-state index in [9.17, 15) is 14.0 Å². The summed E-state index contributed by atoms with van der Waals surface area (Å²) in [5, 5.41) is 4.67. The van der Waals surface area contributed by atoms with Gasteiger partial charge in [-0.25, -0.2) is 9.37 Å². The summed E-state index contributed by atoms with van der Waals surface area (Å²) in [7, 11) is 0. The van der Waals surface area contributed by atoms with Crippen LogP contribution in [0.4, 0.5) is 4.39 Å². The van der Waals surface area contributed by atoms with E-state index in [0.717, 1.165) is 10.6 Å². The second-order valence-corrected chi connectivity index (χ2v) is 7.03. The number of nitrogens with zero attached hydrogens (tertiary/aromatic N) is 1. The van der Waals surface area contributed by atoms with E-state index in [-0.39, 0.29) is 18.1 Å². The lowest BCUT2D eigenvalue weighted by Crippen LogP contribution is -2.42. The van der Waals surface area contributed by atoms with Crippen LogP contribution in [-0.2, 0) is 11.2 Å². The molecule has 0 fully saturated rings. The molecule has 128 valence electrons. The fraction of sp³-hybridized carbons (Fsp3) is 0.118. The standard InChI is InChI=1S/C17H14FN3O2S2/c1-10-15(25-17(19-10)12-6-7-24-9-12)16(23)21-20-14(22)8-11-2-4-13(18)5-3-11/h2-7,9H,8H2,1H3,(H,20,22)(H,21,23). The van der Waals surface area contributed by atoms with E-state index in [1.807, 2.05) is 16.8 Å². The molecule has 0 saturated carbocycles. The van der Waals surface area contributed by atoms with Crippen molar-refractivity contribution in [3.05, 3.63) is 63.0 Å². The van der Waals surface area contributed by atoms with Crippen LogP contribution in [0, 0.1) is 12.7 Å². The number of hydrogen-bond acceptors (Lipinski definition) is 5. The Bertz CT molecular complexity index is 889. The maximum atomic E-state index is 12.8. The molecule has 0 atom stereocenters. The minimum absolute atomic E-state index is 0.0440. The van der Waals surface area contributed by atoms with Gasteiger partial charge in [0.15, 0.2) is 0 Å². The van der Waals surface area contributed by atoms with Crippen molar-refractivity contribution in [1.82, 2.24) is 15.8 Å². The molecular weight excluding hydrogens is 361 g/mol. The van der Waals surface area contributed by atoms with Crippen molar-refractivity contribution in [2.45, 2.75) is 13.3 Å². The molecule has 0 aliphatic heterocycles. The minimum atomic E-state index is -0.413. The maximum absolute atomic E-state index is 12.8. The highest BCUT2D eigenvalue weighted by molar-refractivity contribution is 7.17. The Morgan fingerprint density at radius 3 is 2.60 bits per heavy atom. The predicted octanol–water partition coefficient (Wildman–Crippen LogP) is 3.32. The zero-order valence-corrected chi connectivity index (χ0v) is 14.8. The minimum Gasteiger partial charge on any atom is -0.273 e. The number of aromatic nitrogens is 1. The van der Waals surface area contributed by atoms with Crippen molar-refractivity contribution in [3.8, 4) is 10.6 Å². The first kappa shape index (κ1) is 17.2. The van der Waals surface area contributed by atoms with Crippen LogP contribution in [0.25, 0.3) is 10.6 Å². The number of halogens is 1. The van der Waals surface area contributed by atoms with E-state index in [1.54, 1.807) is 18.3 Å². The normalized spacial score (nSPS) is 10.5. The van der Waals surface area contributed by atoms with Crippen LogP contribution >= 0.6 is 22.7 Å². The van der Waals surface area contributed by atoms with Gasteiger partial charge in [0, 0.05) is 10.9 Å². The average Bonchev–Trinajstić information content (AvgIpc) is 3.24. The van der Waals surface area contributed by atoms with Crippen LogP contribution < -0.4 is 10.9 Å². The molecule has 0 saturated heterocycles. The molecule has 0 aliphatic carbocycles. The maximum Gasteiger partial charge on any atom is 0.281 e. The summed E-state index contributed by atoms with van der Waals surface area (Å²) >= 11 is 2.83. The number of rotatable bonds is 4. The van der Waals surface area contributed by atoms with Gasteiger partial charge in [-0.1, -0.05) is 12.1 Å². The highest BCUT2D eigenvalue weighted by Gasteiger charge is 2.17. The van der Waals surface area contributed by atoms with Crippen LogP contribution in [-0.4, -0.2) is 16.8 Å². The Morgan fingerprint density at radius 2 is 1.92 bits per heavy atom. The summed E-state index contributed by atoms with van der Waals surface area (Å²) in [5.41, 5.74) is 6.99. The van der Waals surface area contributed by atoms with Crippen molar-refractivity contribution < 1.29 is 14.0 Å². The molecule has 0 aliphatic rings. The van der Waals surface area contributed by atoms with Crippen molar-refractivity contribution in [3.63, 3.8) is 0 Å². The van der Waals surface area contributed by atoms with Gasteiger partial charge in [0.1, 0.15) is 15.7 Å². The molecular formula is C17H14FN3O2S2. The Hall–Kier alpha value is -2.58. The van der Waals surface area contributed by atoms with Gasteiger partial charge in [0.25, 0.3) is 5.91 Å². The molecule has 3 rings (SSSR count). The highest BCUT2D eigenvalue weighted by atomic mass is 32.1.